The molecule has 1 N–H and O–H groups in total. The van der Waals surface area contributed by atoms with Crippen molar-refractivity contribution in [2.45, 2.75) is 33.2 Å². The first-order valence-electron chi connectivity index (χ1n) is 7.63. The van der Waals surface area contributed by atoms with E-state index >= 15 is 0 Å². The third kappa shape index (κ3) is 3.82. The Hall–Kier alpha value is -1.87. The van der Waals surface area contributed by atoms with Crippen LogP contribution in [-0.4, -0.2) is 18.6 Å². The van der Waals surface area contributed by atoms with Gasteiger partial charge in [-0.2, -0.15) is 0 Å². The quantitative estimate of drug-likeness (QED) is 0.865. The van der Waals surface area contributed by atoms with Crippen LogP contribution in [0.25, 0.3) is 0 Å². The molecular weight excluding hydrogens is 258 g/mol. The largest absolute Gasteiger partial charge is 0.327 e. The van der Waals surface area contributed by atoms with Gasteiger partial charge in [0.2, 0.25) is 0 Å². The van der Waals surface area contributed by atoms with Gasteiger partial charge in [0.05, 0.1) is 0 Å². The minimum atomic E-state index is 0.426. The third-order valence-electron chi connectivity index (χ3n) is 3.52. The highest BCUT2D eigenvalue weighted by atomic mass is 15.2. The van der Waals surface area contributed by atoms with E-state index in [9.17, 15) is 0 Å². The zero-order chi connectivity index (χ0) is 15.2. The van der Waals surface area contributed by atoms with Crippen LogP contribution in [-0.2, 0) is 6.54 Å². The second kappa shape index (κ2) is 7.23. The van der Waals surface area contributed by atoms with E-state index < -0.39 is 0 Å². The molecule has 0 spiro atoms. The number of rotatable bonds is 6. The summed E-state index contributed by atoms with van der Waals surface area (Å²) in [6.07, 6.45) is 0. The Labute approximate surface area is 128 Å². The SMILES string of the molecule is CCN(c1ccccc1)c1cc(CNC)cc(C(C)C)n1. The third-order valence-corrected chi connectivity index (χ3v) is 3.52. The maximum Gasteiger partial charge on any atom is 0.133 e. The van der Waals surface area contributed by atoms with Crippen molar-refractivity contribution in [3.05, 3.63) is 53.7 Å². The summed E-state index contributed by atoms with van der Waals surface area (Å²) in [6.45, 7) is 8.30. The fourth-order valence-corrected chi connectivity index (χ4v) is 2.42. The Bertz CT molecular complexity index is 564. The topological polar surface area (TPSA) is 28.2 Å². The lowest BCUT2D eigenvalue weighted by Gasteiger charge is -2.24. The molecule has 0 saturated heterocycles. The number of pyridine rings is 1. The molecule has 0 aliphatic carbocycles. The first kappa shape index (κ1) is 15.5. The Kier molecular flexibility index (Phi) is 5.34. The predicted octanol–water partition coefficient (Wildman–Crippen LogP) is 4.08. The van der Waals surface area contributed by atoms with E-state index in [1.54, 1.807) is 0 Å². The van der Waals surface area contributed by atoms with Gasteiger partial charge < -0.3 is 10.2 Å². The molecule has 21 heavy (non-hydrogen) atoms. The molecule has 0 atom stereocenters. The maximum atomic E-state index is 4.86. The van der Waals surface area contributed by atoms with Gasteiger partial charge >= 0.3 is 0 Å². The molecule has 0 amide bonds. The van der Waals surface area contributed by atoms with Gasteiger partial charge in [-0.25, -0.2) is 4.98 Å². The summed E-state index contributed by atoms with van der Waals surface area (Å²) in [4.78, 5) is 7.12. The van der Waals surface area contributed by atoms with Crippen molar-refractivity contribution in [1.29, 1.82) is 0 Å². The van der Waals surface area contributed by atoms with Crippen molar-refractivity contribution in [2.24, 2.45) is 0 Å². The van der Waals surface area contributed by atoms with E-state index in [1.807, 2.05) is 13.1 Å². The van der Waals surface area contributed by atoms with Crippen molar-refractivity contribution in [3.8, 4) is 0 Å². The normalized spacial score (nSPS) is 10.9. The molecule has 0 aliphatic heterocycles. The van der Waals surface area contributed by atoms with Crippen LogP contribution < -0.4 is 10.2 Å². The summed E-state index contributed by atoms with van der Waals surface area (Å²) in [6, 6.07) is 14.8. The van der Waals surface area contributed by atoms with E-state index in [0.29, 0.717) is 5.92 Å². The molecule has 1 heterocycles. The zero-order valence-corrected chi connectivity index (χ0v) is 13.4. The Morgan fingerprint density at radius 1 is 1.14 bits per heavy atom. The maximum absolute atomic E-state index is 4.86. The average molecular weight is 283 g/mol. The smallest absolute Gasteiger partial charge is 0.133 e. The van der Waals surface area contributed by atoms with Gasteiger partial charge in [-0.3, -0.25) is 0 Å². The van der Waals surface area contributed by atoms with Crippen LogP contribution in [0.2, 0.25) is 0 Å². The lowest BCUT2D eigenvalue weighted by molar-refractivity contribution is 0.784. The Morgan fingerprint density at radius 2 is 1.86 bits per heavy atom. The van der Waals surface area contributed by atoms with Crippen LogP contribution >= 0.6 is 0 Å². The van der Waals surface area contributed by atoms with Gasteiger partial charge in [-0.05, 0) is 49.7 Å². The first-order chi connectivity index (χ1) is 10.2. The van der Waals surface area contributed by atoms with E-state index in [4.69, 9.17) is 4.98 Å². The minimum absolute atomic E-state index is 0.426. The van der Waals surface area contributed by atoms with Crippen LogP contribution in [0.4, 0.5) is 11.5 Å². The molecule has 1 aromatic heterocycles. The van der Waals surface area contributed by atoms with Gasteiger partial charge in [0.1, 0.15) is 5.82 Å². The van der Waals surface area contributed by atoms with Crippen LogP contribution in [0, 0.1) is 0 Å². The molecule has 112 valence electrons. The Morgan fingerprint density at radius 3 is 2.43 bits per heavy atom. The summed E-state index contributed by atoms with van der Waals surface area (Å²) in [7, 11) is 1.98. The molecule has 1 aromatic carbocycles. The number of hydrogen-bond acceptors (Lipinski definition) is 3. The van der Waals surface area contributed by atoms with Crippen molar-refractivity contribution >= 4 is 11.5 Å². The first-order valence-corrected chi connectivity index (χ1v) is 7.63. The molecule has 2 rings (SSSR count). The fraction of sp³-hybridized carbons (Fsp3) is 0.389. The monoisotopic (exact) mass is 283 g/mol. The van der Waals surface area contributed by atoms with Gasteiger partial charge in [-0.15, -0.1) is 0 Å². The fourth-order valence-electron chi connectivity index (χ4n) is 2.42. The number of anilines is 2. The molecule has 0 aliphatic rings. The van der Waals surface area contributed by atoms with Crippen molar-refractivity contribution in [2.75, 3.05) is 18.5 Å². The number of nitrogens with one attached hydrogen (secondary N) is 1. The van der Waals surface area contributed by atoms with Crippen LogP contribution in [0.5, 0.6) is 0 Å². The van der Waals surface area contributed by atoms with Crippen LogP contribution in [0.1, 0.15) is 37.9 Å². The highest BCUT2D eigenvalue weighted by Gasteiger charge is 2.12. The minimum Gasteiger partial charge on any atom is -0.327 e. The molecule has 3 nitrogen and oxygen atoms in total. The summed E-state index contributed by atoms with van der Waals surface area (Å²) in [5, 5.41) is 3.23. The molecule has 0 unspecified atom stereocenters. The van der Waals surface area contributed by atoms with E-state index in [1.165, 1.54) is 11.3 Å². The van der Waals surface area contributed by atoms with Crippen molar-refractivity contribution < 1.29 is 0 Å². The molecular formula is C18H25N3. The number of aromatic nitrogens is 1. The van der Waals surface area contributed by atoms with E-state index in [2.05, 4.69) is 67.4 Å². The molecule has 0 bridgehead atoms. The summed E-state index contributed by atoms with van der Waals surface area (Å²) < 4.78 is 0. The standard InChI is InChI=1S/C18H25N3/c1-5-21(16-9-7-6-8-10-16)18-12-15(13-19-4)11-17(20-18)14(2)3/h6-12,14,19H,5,13H2,1-4H3. The highest BCUT2D eigenvalue weighted by Crippen LogP contribution is 2.26. The average Bonchev–Trinajstić information content (AvgIpc) is 2.49. The molecule has 2 aromatic rings. The number of benzene rings is 1. The van der Waals surface area contributed by atoms with Crippen LogP contribution in [0.3, 0.4) is 0 Å². The lowest BCUT2D eigenvalue weighted by Crippen LogP contribution is -2.19. The molecule has 0 fully saturated rings. The highest BCUT2D eigenvalue weighted by molar-refractivity contribution is 5.60. The van der Waals surface area contributed by atoms with Gasteiger partial charge in [0, 0.05) is 24.5 Å². The zero-order valence-electron chi connectivity index (χ0n) is 13.4. The van der Waals surface area contributed by atoms with E-state index in [-0.39, 0.29) is 0 Å². The summed E-state index contributed by atoms with van der Waals surface area (Å²) in [5.41, 5.74) is 3.61. The molecule has 0 radical (unpaired) electrons. The number of nitrogens with zero attached hydrogens (tertiary/aromatic N) is 2. The molecule has 3 heteroatoms. The van der Waals surface area contributed by atoms with Crippen molar-refractivity contribution in [1.82, 2.24) is 10.3 Å². The van der Waals surface area contributed by atoms with Gasteiger partial charge in [0.15, 0.2) is 0 Å². The van der Waals surface area contributed by atoms with Gasteiger partial charge in [0.25, 0.3) is 0 Å². The van der Waals surface area contributed by atoms with Gasteiger partial charge in [-0.1, -0.05) is 32.0 Å². The number of para-hydroxylation sites is 1. The van der Waals surface area contributed by atoms with Crippen molar-refractivity contribution in [3.63, 3.8) is 0 Å². The van der Waals surface area contributed by atoms with E-state index in [0.717, 1.165) is 24.6 Å². The van der Waals surface area contributed by atoms with Crippen LogP contribution in [0.15, 0.2) is 42.5 Å². The predicted molar refractivity (Wildman–Crippen MR) is 90.2 cm³/mol. The summed E-state index contributed by atoms with van der Waals surface area (Å²) >= 11 is 0. The number of hydrogen-bond donors (Lipinski definition) is 1. The molecule has 0 saturated carbocycles. The lowest BCUT2D eigenvalue weighted by atomic mass is 10.1. The Balaban J connectivity index is 2.44. The second-order valence-electron chi connectivity index (χ2n) is 5.52. The second-order valence-corrected chi connectivity index (χ2v) is 5.52. The summed E-state index contributed by atoms with van der Waals surface area (Å²) in [5.74, 6) is 1.45.